The lowest BCUT2D eigenvalue weighted by atomic mass is 10.1. The van der Waals surface area contributed by atoms with E-state index in [1.807, 2.05) is 64.8 Å². The summed E-state index contributed by atoms with van der Waals surface area (Å²) in [5.41, 5.74) is 11.4. The van der Waals surface area contributed by atoms with E-state index in [9.17, 15) is 4.79 Å². The zero-order valence-electron chi connectivity index (χ0n) is 19.1. The number of nitrogens with two attached hydrogens (primary N) is 1. The Hall–Kier alpha value is -4.21. The number of carbonyl (C=O) groups is 1. The fraction of sp³-hybridized carbons (Fsp3) is 0.0741. The predicted molar refractivity (Wildman–Crippen MR) is 147 cm³/mol. The highest BCUT2D eigenvalue weighted by Crippen LogP contribution is 2.32. The standard InChI is InChI=1S/C27H22N6OS2/c28-20-8-7-17(24-6-3-13-35-24)14-22(20)30-27(34)26-10-9-25(36-26)23-16-33(32-31-23)12-11-18-15-29-21-5-2-1-4-19(18)21/h1-10,13-16,29H,11-12,28H2,(H,30,34). The molecule has 4 heterocycles. The number of nitrogens with one attached hydrogen (secondary N) is 2. The largest absolute Gasteiger partial charge is 0.397 e. The van der Waals surface area contributed by atoms with Gasteiger partial charge < -0.3 is 16.0 Å². The number of nitrogen functional groups attached to an aromatic ring is 1. The molecule has 6 rings (SSSR count). The van der Waals surface area contributed by atoms with E-state index < -0.39 is 0 Å². The van der Waals surface area contributed by atoms with Crippen LogP contribution in [0.4, 0.5) is 11.4 Å². The third-order valence-electron chi connectivity index (χ3n) is 6.01. The summed E-state index contributed by atoms with van der Waals surface area (Å²) in [6.07, 6.45) is 4.82. The first kappa shape index (κ1) is 22.3. The van der Waals surface area contributed by atoms with Crippen molar-refractivity contribution in [3.8, 4) is 21.0 Å². The summed E-state index contributed by atoms with van der Waals surface area (Å²) >= 11 is 3.02. The molecule has 7 nitrogen and oxygen atoms in total. The lowest BCUT2D eigenvalue weighted by Gasteiger charge is -2.09. The Morgan fingerprint density at radius 3 is 2.86 bits per heavy atom. The average Bonchev–Trinajstić information content (AvgIpc) is 3.70. The van der Waals surface area contributed by atoms with Crippen LogP contribution in [0.25, 0.3) is 31.9 Å². The minimum absolute atomic E-state index is 0.201. The molecule has 0 saturated carbocycles. The van der Waals surface area contributed by atoms with Crippen molar-refractivity contribution in [2.45, 2.75) is 13.0 Å². The van der Waals surface area contributed by atoms with Crippen LogP contribution in [0.5, 0.6) is 0 Å². The van der Waals surface area contributed by atoms with E-state index in [1.54, 1.807) is 17.4 Å². The first-order chi connectivity index (χ1) is 17.6. The Morgan fingerprint density at radius 2 is 1.97 bits per heavy atom. The normalized spacial score (nSPS) is 11.2. The molecule has 0 bridgehead atoms. The molecule has 6 aromatic rings. The van der Waals surface area contributed by atoms with E-state index in [4.69, 9.17) is 5.73 Å². The maximum Gasteiger partial charge on any atom is 0.265 e. The monoisotopic (exact) mass is 510 g/mol. The first-order valence-corrected chi connectivity index (χ1v) is 13.1. The second-order valence-electron chi connectivity index (χ2n) is 8.37. The van der Waals surface area contributed by atoms with Gasteiger partial charge in [0.05, 0.1) is 27.3 Å². The fourth-order valence-corrected chi connectivity index (χ4v) is 5.71. The number of carbonyl (C=O) groups excluding carboxylic acids is 1. The van der Waals surface area contributed by atoms with E-state index in [2.05, 4.69) is 38.9 Å². The number of rotatable bonds is 7. The lowest BCUT2D eigenvalue weighted by Crippen LogP contribution is -2.11. The molecule has 0 aliphatic heterocycles. The number of hydrogen-bond donors (Lipinski definition) is 3. The molecule has 4 aromatic heterocycles. The molecule has 9 heteroatoms. The number of aromatic amines is 1. The average molecular weight is 511 g/mol. The predicted octanol–water partition coefficient (Wildman–Crippen LogP) is 6.29. The highest BCUT2D eigenvalue weighted by molar-refractivity contribution is 7.17. The molecule has 4 N–H and O–H groups in total. The molecule has 0 saturated heterocycles. The van der Waals surface area contributed by atoms with E-state index in [0.29, 0.717) is 22.8 Å². The van der Waals surface area contributed by atoms with Crippen molar-refractivity contribution in [2.24, 2.45) is 0 Å². The topological polar surface area (TPSA) is 102 Å². The van der Waals surface area contributed by atoms with Crippen LogP contribution < -0.4 is 11.1 Å². The minimum atomic E-state index is -0.201. The molecule has 0 spiro atoms. The number of H-pyrrole nitrogens is 1. The number of nitrogens with zero attached hydrogens (tertiary/aromatic N) is 3. The summed E-state index contributed by atoms with van der Waals surface area (Å²) in [5.74, 6) is -0.201. The summed E-state index contributed by atoms with van der Waals surface area (Å²) in [4.78, 5) is 18.9. The van der Waals surface area contributed by atoms with Gasteiger partial charge in [0.25, 0.3) is 5.91 Å². The molecular weight excluding hydrogens is 488 g/mol. The SMILES string of the molecule is Nc1ccc(-c2cccs2)cc1NC(=O)c1ccc(-c2cn(CCc3c[nH]c4ccccc34)nn2)s1. The highest BCUT2D eigenvalue weighted by Gasteiger charge is 2.15. The molecule has 0 radical (unpaired) electrons. The molecule has 0 aliphatic carbocycles. The number of aryl methyl sites for hydroxylation is 2. The third kappa shape index (κ3) is 4.41. The Kier molecular flexibility index (Phi) is 5.84. The number of amides is 1. The van der Waals surface area contributed by atoms with Crippen LogP contribution in [0.1, 0.15) is 15.2 Å². The molecule has 0 fully saturated rings. The van der Waals surface area contributed by atoms with Crippen molar-refractivity contribution in [3.05, 3.63) is 94.9 Å². The van der Waals surface area contributed by atoms with Gasteiger partial charge in [-0.3, -0.25) is 9.48 Å². The second-order valence-corrected chi connectivity index (χ2v) is 10.4. The molecular formula is C27H22N6OS2. The van der Waals surface area contributed by atoms with E-state index >= 15 is 0 Å². The van der Waals surface area contributed by atoms with Crippen LogP contribution in [0, 0.1) is 0 Å². The van der Waals surface area contributed by atoms with Crippen molar-refractivity contribution in [1.82, 2.24) is 20.0 Å². The third-order valence-corrected chi connectivity index (χ3v) is 8.04. The van der Waals surface area contributed by atoms with Gasteiger partial charge in [0, 0.05) is 28.5 Å². The van der Waals surface area contributed by atoms with Crippen LogP contribution in [-0.4, -0.2) is 25.9 Å². The second kappa shape index (κ2) is 9.44. The van der Waals surface area contributed by atoms with Crippen LogP contribution in [0.2, 0.25) is 0 Å². The smallest absolute Gasteiger partial charge is 0.265 e. The van der Waals surface area contributed by atoms with Gasteiger partial charge in [-0.15, -0.1) is 27.8 Å². The highest BCUT2D eigenvalue weighted by atomic mass is 32.1. The molecule has 0 atom stereocenters. The molecule has 2 aromatic carbocycles. The number of thiophene rings is 2. The van der Waals surface area contributed by atoms with Crippen LogP contribution >= 0.6 is 22.7 Å². The molecule has 1 amide bonds. The zero-order valence-corrected chi connectivity index (χ0v) is 20.8. The maximum absolute atomic E-state index is 13.0. The number of aromatic nitrogens is 4. The van der Waals surface area contributed by atoms with Crippen molar-refractivity contribution in [1.29, 1.82) is 0 Å². The van der Waals surface area contributed by atoms with Crippen LogP contribution in [0.15, 0.2) is 84.5 Å². The number of anilines is 2. The van der Waals surface area contributed by atoms with Gasteiger partial charge in [-0.2, -0.15) is 0 Å². The van der Waals surface area contributed by atoms with Crippen LogP contribution in [0.3, 0.4) is 0 Å². The summed E-state index contributed by atoms with van der Waals surface area (Å²) in [5, 5.41) is 14.8. The van der Waals surface area contributed by atoms with Gasteiger partial charge >= 0.3 is 0 Å². The number of hydrogen-bond acceptors (Lipinski definition) is 6. The number of para-hydroxylation sites is 1. The minimum Gasteiger partial charge on any atom is -0.397 e. The summed E-state index contributed by atoms with van der Waals surface area (Å²) in [6.45, 7) is 0.716. The summed E-state index contributed by atoms with van der Waals surface area (Å²) in [7, 11) is 0. The van der Waals surface area contributed by atoms with Crippen LogP contribution in [-0.2, 0) is 13.0 Å². The van der Waals surface area contributed by atoms with Crippen molar-refractivity contribution < 1.29 is 4.79 Å². The number of fused-ring (bicyclic) bond motifs is 1. The molecule has 36 heavy (non-hydrogen) atoms. The van der Waals surface area contributed by atoms with Gasteiger partial charge in [-0.1, -0.05) is 35.5 Å². The van der Waals surface area contributed by atoms with Gasteiger partial charge in [0.1, 0.15) is 5.69 Å². The summed E-state index contributed by atoms with van der Waals surface area (Å²) in [6, 6.07) is 21.7. The Morgan fingerprint density at radius 1 is 1.06 bits per heavy atom. The van der Waals surface area contributed by atoms with Crippen molar-refractivity contribution >= 4 is 50.9 Å². The van der Waals surface area contributed by atoms with Gasteiger partial charge in [0.2, 0.25) is 0 Å². The Bertz CT molecular complexity index is 1660. The molecule has 178 valence electrons. The number of benzene rings is 2. The Labute approximate surface area is 215 Å². The molecule has 0 aliphatic rings. The van der Waals surface area contributed by atoms with Gasteiger partial charge in [-0.25, -0.2) is 0 Å². The van der Waals surface area contributed by atoms with Gasteiger partial charge in [0.15, 0.2) is 0 Å². The van der Waals surface area contributed by atoms with E-state index in [-0.39, 0.29) is 5.91 Å². The molecule has 0 unspecified atom stereocenters. The Balaban J connectivity index is 1.14. The first-order valence-electron chi connectivity index (χ1n) is 11.4. The van der Waals surface area contributed by atoms with E-state index in [1.165, 1.54) is 22.3 Å². The van der Waals surface area contributed by atoms with Crippen molar-refractivity contribution in [2.75, 3.05) is 11.1 Å². The van der Waals surface area contributed by atoms with Crippen molar-refractivity contribution in [3.63, 3.8) is 0 Å². The maximum atomic E-state index is 13.0. The van der Waals surface area contributed by atoms with E-state index in [0.717, 1.165) is 32.9 Å². The fourth-order valence-electron chi connectivity index (χ4n) is 4.14. The zero-order chi connectivity index (χ0) is 24.5. The lowest BCUT2D eigenvalue weighted by molar-refractivity contribution is 0.103. The summed E-state index contributed by atoms with van der Waals surface area (Å²) < 4.78 is 1.84. The quantitative estimate of drug-likeness (QED) is 0.220. The van der Waals surface area contributed by atoms with Gasteiger partial charge in [-0.05, 0) is 59.3 Å².